The molecule has 0 spiro atoms. The predicted molar refractivity (Wildman–Crippen MR) is 69.5 cm³/mol. The van der Waals surface area contributed by atoms with E-state index < -0.39 is 10.0 Å². The van der Waals surface area contributed by atoms with E-state index in [0.29, 0.717) is 0 Å². The van der Waals surface area contributed by atoms with Crippen LogP contribution in [0.25, 0.3) is 0 Å². The number of nitrogens with two attached hydrogens (primary N) is 1. The van der Waals surface area contributed by atoms with E-state index in [1.54, 1.807) is 11.6 Å². The summed E-state index contributed by atoms with van der Waals surface area (Å²) in [6.45, 7) is 2.02. The number of aryl methyl sites for hydroxylation is 1. The van der Waals surface area contributed by atoms with Crippen molar-refractivity contribution in [2.75, 3.05) is 5.73 Å². The molecule has 0 radical (unpaired) electrons. The molecule has 0 saturated heterocycles. The minimum Gasteiger partial charge on any atom is -0.396 e. The minimum atomic E-state index is -3.69. The van der Waals surface area contributed by atoms with Gasteiger partial charge in [0.25, 0.3) is 10.0 Å². The molecule has 0 aliphatic heterocycles. The van der Waals surface area contributed by atoms with Gasteiger partial charge in [0.2, 0.25) is 0 Å². The Morgan fingerprint density at radius 2 is 2.22 bits per heavy atom. The van der Waals surface area contributed by atoms with Gasteiger partial charge >= 0.3 is 0 Å². The highest BCUT2D eigenvalue weighted by molar-refractivity contribution is 7.89. The van der Waals surface area contributed by atoms with E-state index >= 15 is 0 Å². The zero-order valence-corrected chi connectivity index (χ0v) is 11.3. The molecule has 0 saturated carbocycles. The smallest absolute Gasteiger partial charge is 0.260 e. The normalized spacial score (nSPS) is 11.6. The average Bonchev–Trinajstić information content (AvgIpc) is 2.73. The molecule has 0 fully saturated rings. The van der Waals surface area contributed by atoms with Gasteiger partial charge in [-0.15, -0.1) is 11.3 Å². The summed E-state index contributed by atoms with van der Waals surface area (Å²) in [4.78, 5) is 8.70. The molecule has 0 amide bonds. The second-order valence-corrected chi connectivity index (χ2v) is 6.20. The van der Waals surface area contributed by atoms with Gasteiger partial charge in [0.05, 0.1) is 16.9 Å². The van der Waals surface area contributed by atoms with Crippen LogP contribution in [-0.4, -0.2) is 18.4 Å². The van der Waals surface area contributed by atoms with Crippen molar-refractivity contribution in [2.24, 2.45) is 0 Å². The Labute approximate surface area is 109 Å². The lowest BCUT2D eigenvalue weighted by Gasteiger charge is -2.07. The van der Waals surface area contributed by atoms with E-state index in [-0.39, 0.29) is 17.3 Å². The van der Waals surface area contributed by atoms with Crippen molar-refractivity contribution in [1.82, 2.24) is 14.7 Å². The van der Waals surface area contributed by atoms with Crippen molar-refractivity contribution in [1.29, 1.82) is 0 Å². The van der Waals surface area contributed by atoms with Gasteiger partial charge in [-0.3, -0.25) is 0 Å². The first-order valence-electron chi connectivity index (χ1n) is 5.10. The number of hydrogen-bond acceptors (Lipinski definition) is 6. The maximum absolute atomic E-state index is 12.0. The summed E-state index contributed by atoms with van der Waals surface area (Å²) >= 11 is 1.40. The van der Waals surface area contributed by atoms with E-state index in [0.717, 1.165) is 10.6 Å². The van der Waals surface area contributed by atoms with Gasteiger partial charge in [0.1, 0.15) is 0 Å². The number of sulfonamides is 1. The Bertz CT molecular complexity index is 651. The SMILES string of the molecule is Cc1ncsc1CNS(=O)(=O)c1ncccc1N. The fraction of sp³-hybridized carbons (Fsp3) is 0.200. The quantitative estimate of drug-likeness (QED) is 0.869. The summed E-state index contributed by atoms with van der Waals surface area (Å²) in [5.41, 5.74) is 8.22. The number of pyridine rings is 1. The lowest BCUT2D eigenvalue weighted by molar-refractivity contribution is 0.578. The van der Waals surface area contributed by atoms with Crippen molar-refractivity contribution in [3.8, 4) is 0 Å². The van der Waals surface area contributed by atoms with Crippen LogP contribution in [0, 0.1) is 6.92 Å². The number of nitrogens with one attached hydrogen (secondary N) is 1. The Morgan fingerprint density at radius 3 is 2.83 bits per heavy atom. The van der Waals surface area contributed by atoms with Crippen molar-refractivity contribution in [2.45, 2.75) is 18.5 Å². The van der Waals surface area contributed by atoms with Gasteiger partial charge in [-0.2, -0.15) is 0 Å². The summed E-state index contributed by atoms with van der Waals surface area (Å²) in [5.74, 6) is 0. The third kappa shape index (κ3) is 2.66. The number of hydrogen-bond donors (Lipinski definition) is 2. The maximum Gasteiger partial charge on any atom is 0.260 e. The highest BCUT2D eigenvalue weighted by Gasteiger charge is 2.19. The second-order valence-electron chi connectivity index (χ2n) is 3.58. The number of nitrogens with zero attached hydrogens (tertiary/aromatic N) is 2. The van der Waals surface area contributed by atoms with Crippen LogP contribution in [0.2, 0.25) is 0 Å². The van der Waals surface area contributed by atoms with Crippen LogP contribution in [0.4, 0.5) is 5.69 Å². The first-order valence-corrected chi connectivity index (χ1v) is 7.46. The molecule has 3 N–H and O–H groups in total. The number of aromatic nitrogens is 2. The Morgan fingerprint density at radius 1 is 1.44 bits per heavy atom. The Hall–Kier alpha value is -1.51. The van der Waals surface area contributed by atoms with Crippen LogP contribution in [0.5, 0.6) is 0 Å². The molecule has 2 aromatic rings. The van der Waals surface area contributed by atoms with E-state index in [2.05, 4.69) is 14.7 Å². The molecule has 96 valence electrons. The van der Waals surface area contributed by atoms with Crippen molar-refractivity contribution in [3.05, 3.63) is 34.4 Å². The molecule has 0 aliphatic rings. The standard InChI is InChI=1S/C10H12N4O2S2/c1-7-9(17-6-13-7)5-14-18(15,16)10-8(11)3-2-4-12-10/h2-4,6,14H,5,11H2,1H3. The molecule has 18 heavy (non-hydrogen) atoms. The summed E-state index contributed by atoms with van der Waals surface area (Å²) in [7, 11) is -3.69. The molecule has 0 atom stereocenters. The van der Waals surface area contributed by atoms with Gasteiger partial charge in [-0.1, -0.05) is 0 Å². The number of anilines is 1. The molecule has 0 aliphatic carbocycles. The van der Waals surface area contributed by atoms with Crippen molar-refractivity contribution in [3.63, 3.8) is 0 Å². The molecule has 8 heteroatoms. The van der Waals surface area contributed by atoms with Gasteiger partial charge in [-0.25, -0.2) is 23.1 Å². The Balaban J connectivity index is 2.19. The largest absolute Gasteiger partial charge is 0.396 e. The topological polar surface area (TPSA) is 98.0 Å². The number of nitrogen functional groups attached to an aromatic ring is 1. The van der Waals surface area contributed by atoms with Crippen molar-refractivity contribution < 1.29 is 8.42 Å². The van der Waals surface area contributed by atoms with E-state index in [9.17, 15) is 8.42 Å². The van der Waals surface area contributed by atoms with Crippen LogP contribution in [0.15, 0.2) is 28.9 Å². The van der Waals surface area contributed by atoms with Crippen molar-refractivity contribution >= 4 is 27.0 Å². The zero-order chi connectivity index (χ0) is 13.2. The minimum absolute atomic E-state index is 0.131. The van der Waals surface area contributed by atoms with Gasteiger partial charge < -0.3 is 5.73 Å². The lowest BCUT2D eigenvalue weighted by Crippen LogP contribution is -2.25. The zero-order valence-electron chi connectivity index (χ0n) is 9.62. The second kappa shape index (κ2) is 5.01. The highest BCUT2D eigenvalue weighted by Crippen LogP contribution is 2.16. The van der Waals surface area contributed by atoms with Crippen LogP contribution in [0.1, 0.15) is 10.6 Å². The number of thiazole rings is 1. The van der Waals surface area contributed by atoms with E-state index in [1.165, 1.54) is 23.6 Å². The molecule has 2 aromatic heterocycles. The van der Waals surface area contributed by atoms with Crippen LogP contribution in [-0.2, 0) is 16.6 Å². The predicted octanol–water partition coefficient (Wildman–Crippen LogP) is 0.907. The Kier molecular flexibility index (Phi) is 3.60. The van der Waals surface area contributed by atoms with E-state index in [1.807, 2.05) is 6.92 Å². The lowest BCUT2D eigenvalue weighted by atomic mass is 10.4. The third-order valence-electron chi connectivity index (χ3n) is 2.32. The summed E-state index contributed by atoms with van der Waals surface area (Å²) in [6.07, 6.45) is 1.39. The van der Waals surface area contributed by atoms with Gasteiger partial charge in [-0.05, 0) is 19.1 Å². The molecule has 0 bridgehead atoms. The van der Waals surface area contributed by atoms with Crippen LogP contribution in [0.3, 0.4) is 0 Å². The molecular weight excluding hydrogens is 272 g/mol. The monoisotopic (exact) mass is 284 g/mol. The van der Waals surface area contributed by atoms with Crippen LogP contribution >= 0.6 is 11.3 Å². The van der Waals surface area contributed by atoms with Gasteiger partial charge in [0.15, 0.2) is 5.03 Å². The summed E-state index contributed by atoms with van der Waals surface area (Å²) in [5, 5.41) is -0.146. The molecule has 2 rings (SSSR count). The first kappa shape index (κ1) is 12.9. The fourth-order valence-corrected chi connectivity index (χ4v) is 3.21. The average molecular weight is 284 g/mol. The molecule has 0 aromatic carbocycles. The summed E-state index contributed by atoms with van der Waals surface area (Å²) in [6, 6.07) is 3.08. The van der Waals surface area contributed by atoms with Gasteiger partial charge in [0, 0.05) is 17.6 Å². The maximum atomic E-state index is 12.0. The molecule has 2 heterocycles. The fourth-order valence-electron chi connectivity index (χ4n) is 1.35. The summed E-state index contributed by atoms with van der Waals surface area (Å²) < 4.78 is 26.4. The highest BCUT2D eigenvalue weighted by atomic mass is 32.2. The van der Waals surface area contributed by atoms with Crippen LogP contribution < -0.4 is 10.5 Å². The molecular formula is C10H12N4O2S2. The third-order valence-corrected chi connectivity index (χ3v) is 4.63. The van der Waals surface area contributed by atoms with E-state index in [4.69, 9.17) is 5.73 Å². The molecule has 6 nitrogen and oxygen atoms in total. The first-order chi connectivity index (χ1) is 8.50. The number of rotatable bonds is 4. The molecule has 0 unspecified atom stereocenters.